The number of hydrogen-bond acceptors (Lipinski definition) is 3. The lowest BCUT2D eigenvalue weighted by molar-refractivity contribution is -0.0337. The minimum atomic E-state index is 0.344. The number of anilines is 1. The Bertz CT molecular complexity index is 429. The minimum Gasteiger partial charge on any atom is -0.490 e. The van der Waals surface area contributed by atoms with Crippen LogP contribution in [0.2, 0.25) is 0 Å². The molecule has 0 aromatic heterocycles. The lowest BCUT2D eigenvalue weighted by Crippen LogP contribution is -2.36. The summed E-state index contributed by atoms with van der Waals surface area (Å²) >= 11 is 0. The van der Waals surface area contributed by atoms with E-state index in [2.05, 4.69) is 43.4 Å². The van der Waals surface area contributed by atoms with Crippen molar-refractivity contribution < 1.29 is 9.47 Å². The van der Waals surface area contributed by atoms with E-state index in [1.165, 1.54) is 31.4 Å². The van der Waals surface area contributed by atoms with Gasteiger partial charge in [-0.2, -0.15) is 0 Å². The van der Waals surface area contributed by atoms with Crippen LogP contribution in [0.4, 0.5) is 5.69 Å². The maximum absolute atomic E-state index is 6.01. The molecule has 2 unspecified atom stereocenters. The molecule has 1 aromatic carbocycles. The second-order valence-corrected chi connectivity index (χ2v) is 6.62. The maximum atomic E-state index is 6.01. The van der Waals surface area contributed by atoms with Gasteiger partial charge in [0.1, 0.15) is 5.75 Å². The quantitative estimate of drug-likeness (QED) is 0.892. The third-order valence-corrected chi connectivity index (χ3v) is 4.53. The highest BCUT2D eigenvalue weighted by Crippen LogP contribution is 2.26. The Labute approximate surface area is 128 Å². The van der Waals surface area contributed by atoms with E-state index in [0.29, 0.717) is 24.4 Å². The van der Waals surface area contributed by atoms with Gasteiger partial charge in [0.2, 0.25) is 0 Å². The zero-order valence-electron chi connectivity index (χ0n) is 13.2. The molecule has 2 aliphatic rings. The monoisotopic (exact) mass is 289 g/mol. The van der Waals surface area contributed by atoms with E-state index in [4.69, 9.17) is 9.47 Å². The first-order valence-corrected chi connectivity index (χ1v) is 8.38. The molecule has 0 spiro atoms. The van der Waals surface area contributed by atoms with E-state index in [1.54, 1.807) is 0 Å². The molecule has 1 aliphatic carbocycles. The molecule has 2 fully saturated rings. The summed E-state index contributed by atoms with van der Waals surface area (Å²) in [5.41, 5.74) is 1.18. The van der Waals surface area contributed by atoms with Gasteiger partial charge in [-0.25, -0.2) is 0 Å². The van der Waals surface area contributed by atoms with Crippen LogP contribution in [0.5, 0.6) is 5.75 Å². The van der Waals surface area contributed by atoms with Crippen molar-refractivity contribution >= 4 is 5.69 Å². The van der Waals surface area contributed by atoms with Crippen LogP contribution < -0.4 is 10.1 Å². The van der Waals surface area contributed by atoms with Crippen LogP contribution >= 0.6 is 0 Å². The van der Waals surface area contributed by atoms with Crippen molar-refractivity contribution in [2.75, 3.05) is 5.32 Å². The van der Waals surface area contributed by atoms with E-state index in [-0.39, 0.29) is 0 Å². The van der Waals surface area contributed by atoms with E-state index in [1.807, 2.05) is 0 Å². The molecule has 1 saturated carbocycles. The zero-order valence-corrected chi connectivity index (χ0v) is 13.2. The predicted octanol–water partition coefficient (Wildman–Crippen LogP) is 4.38. The van der Waals surface area contributed by atoms with E-state index in [0.717, 1.165) is 18.6 Å². The van der Waals surface area contributed by atoms with Crippen molar-refractivity contribution in [1.82, 2.24) is 0 Å². The van der Waals surface area contributed by atoms with Crippen LogP contribution in [-0.2, 0) is 4.74 Å². The van der Waals surface area contributed by atoms with Gasteiger partial charge >= 0.3 is 0 Å². The van der Waals surface area contributed by atoms with E-state index in [9.17, 15) is 0 Å². The van der Waals surface area contributed by atoms with Gasteiger partial charge in [-0.15, -0.1) is 0 Å². The third-order valence-electron chi connectivity index (χ3n) is 4.53. The molecular formula is C18H27NO2. The van der Waals surface area contributed by atoms with Gasteiger partial charge in [0.05, 0.1) is 18.3 Å². The van der Waals surface area contributed by atoms with Crippen LogP contribution in [0.1, 0.15) is 52.4 Å². The summed E-state index contributed by atoms with van der Waals surface area (Å²) in [5.74, 6) is 1.00. The minimum absolute atomic E-state index is 0.344. The molecule has 1 aliphatic heterocycles. The molecule has 0 bridgehead atoms. The number of hydrogen-bond donors (Lipinski definition) is 1. The van der Waals surface area contributed by atoms with Crippen LogP contribution in [-0.4, -0.2) is 24.4 Å². The summed E-state index contributed by atoms with van der Waals surface area (Å²) in [6.45, 7) is 4.31. The van der Waals surface area contributed by atoms with Crippen molar-refractivity contribution in [3.63, 3.8) is 0 Å². The van der Waals surface area contributed by atoms with Gasteiger partial charge in [-0.1, -0.05) is 0 Å². The zero-order chi connectivity index (χ0) is 14.7. The third kappa shape index (κ3) is 4.13. The highest BCUT2D eigenvalue weighted by molar-refractivity contribution is 5.47. The molecule has 1 aromatic rings. The van der Waals surface area contributed by atoms with Crippen molar-refractivity contribution in [2.24, 2.45) is 0 Å². The molecule has 3 heteroatoms. The number of nitrogens with one attached hydrogen (secondary N) is 1. The normalized spacial score (nSPS) is 30.3. The van der Waals surface area contributed by atoms with Gasteiger partial charge in [-0.05, 0) is 76.6 Å². The van der Waals surface area contributed by atoms with E-state index < -0.39 is 0 Å². The molecule has 3 rings (SSSR count). The van der Waals surface area contributed by atoms with E-state index >= 15 is 0 Å². The van der Waals surface area contributed by atoms with Gasteiger partial charge in [0.25, 0.3) is 0 Å². The first kappa shape index (κ1) is 14.7. The highest BCUT2D eigenvalue weighted by Gasteiger charge is 2.24. The number of ether oxygens (including phenoxy) is 2. The standard InChI is InChI=1S/C18H27NO2/c1-13-11-16(12-14(2)20-13)19-15-7-9-18(10-8-15)21-17-5-3-4-6-17/h7-10,13-14,16-17,19H,3-6,11-12H2,1-2H3. The molecule has 0 radical (unpaired) electrons. The molecule has 2 atom stereocenters. The Balaban J connectivity index is 1.54. The van der Waals surface area contributed by atoms with Gasteiger partial charge in [0.15, 0.2) is 0 Å². The summed E-state index contributed by atoms with van der Waals surface area (Å²) in [7, 11) is 0. The maximum Gasteiger partial charge on any atom is 0.119 e. The SMILES string of the molecule is CC1CC(Nc2ccc(OC3CCCC3)cc2)CC(C)O1. The Kier molecular flexibility index (Phi) is 4.69. The summed E-state index contributed by atoms with van der Waals surface area (Å²) < 4.78 is 11.8. The molecular weight excluding hydrogens is 262 g/mol. The average Bonchev–Trinajstić information content (AvgIpc) is 2.93. The second kappa shape index (κ2) is 6.69. The van der Waals surface area contributed by atoms with Crippen LogP contribution in [0.3, 0.4) is 0 Å². The van der Waals surface area contributed by atoms with Gasteiger partial charge in [-0.3, -0.25) is 0 Å². The summed E-state index contributed by atoms with van der Waals surface area (Å²) in [6, 6.07) is 8.95. The fourth-order valence-electron chi connectivity index (χ4n) is 3.59. The summed E-state index contributed by atoms with van der Waals surface area (Å²) in [5, 5.41) is 3.63. The largest absolute Gasteiger partial charge is 0.490 e. The molecule has 1 saturated heterocycles. The fourth-order valence-corrected chi connectivity index (χ4v) is 3.59. The Morgan fingerprint density at radius 3 is 2.24 bits per heavy atom. The van der Waals surface area contributed by atoms with Gasteiger partial charge < -0.3 is 14.8 Å². The lowest BCUT2D eigenvalue weighted by Gasteiger charge is -2.33. The van der Waals surface area contributed by atoms with Crippen molar-refractivity contribution in [3.05, 3.63) is 24.3 Å². The molecule has 1 heterocycles. The second-order valence-electron chi connectivity index (χ2n) is 6.62. The first-order valence-electron chi connectivity index (χ1n) is 8.38. The van der Waals surface area contributed by atoms with Gasteiger partial charge in [0, 0.05) is 11.7 Å². The Morgan fingerprint density at radius 1 is 1.00 bits per heavy atom. The summed E-state index contributed by atoms with van der Waals surface area (Å²) in [6.07, 6.45) is 8.30. The lowest BCUT2D eigenvalue weighted by atomic mass is 9.99. The fraction of sp³-hybridized carbons (Fsp3) is 0.667. The van der Waals surface area contributed by atoms with Crippen molar-refractivity contribution in [1.29, 1.82) is 0 Å². The molecule has 3 nitrogen and oxygen atoms in total. The average molecular weight is 289 g/mol. The first-order chi connectivity index (χ1) is 10.2. The number of rotatable bonds is 4. The molecule has 0 amide bonds. The van der Waals surface area contributed by atoms with Crippen molar-refractivity contribution in [3.8, 4) is 5.75 Å². The molecule has 1 N–H and O–H groups in total. The van der Waals surface area contributed by atoms with Crippen LogP contribution in [0.15, 0.2) is 24.3 Å². The Morgan fingerprint density at radius 2 is 1.62 bits per heavy atom. The smallest absolute Gasteiger partial charge is 0.119 e. The molecule has 21 heavy (non-hydrogen) atoms. The molecule has 116 valence electrons. The topological polar surface area (TPSA) is 30.5 Å². The highest BCUT2D eigenvalue weighted by atomic mass is 16.5. The Hall–Kier alpha value is -1.22. The van der Waals surface area contributed by atoms with Crippen LogP contribution in [0.25, 0.3) is 0 Å². The number of benzene rings is 1. The predicted molar refractivity (Wildman–Crippen MR) is 86.0 cm³/mol. The van der Waals surface area contributed by atoms with Crippen molar-refractivity contribution in [2.45, 2.75) is 76.7 Å². The van der Waals surface area contributed by atoms with Crippen LogP contribution in [0, 0.1) is 0 Å². The summed E-state index contributed by atoms with van der Waals surface area (Å²) in [4.78, 5) is 0.